The monoisotopic (exact) mass is 326 g/mol. The van der Waals surface area contributed by atoms with Crippen molar-refractivity contribution in [3.05, 3.63) is 47.3 Å². The van der Waals surface area contributed by atoms with Crippen molar-refractivity contribution in [1.29, 1.82) is 0 Å². The molecule has 2 heterocycles. The topological polar surface area (TPSA) is 81.3 Å². The fourth-order valence-electron chi connectivity index (χ4n) is 3.26. The van der Waals surface area contributed by atoms with Crippen LogP contribution < -0.4 is 10.5 Å². The van der Waals surface area contributed by atoms with E-state index in [0.717, 1.165) is 18.6 Å². The fraction of sp³-hybridized carbons (Fsp3) is 0.389. The van der Waals surface area contributed by atoms with Crippen LogP contribution in [-0.2, 0) is 0 Å². The summed E-state index contributed by atoms with van der Waals surface area (Å²) in [5.41, 5.74) is 7.93. The van der Waals surface area contributed by atoms with Crippen molar-refractivity contribution < 1.29 is 9.53 Å². The number of anilines is 1. The van der Waals surface area contributed by atoms with Crippen molar-refractivity contribution >= 4 is 11.9 Å². The maximum Gasteiger partial charge on any atom is 0.257 e. The van der Waals surface area contributed by atoms with Gasteiger partial charge in [0, 0.05) is 19.3 Å². The summed E-state index contributed by atoms with van der Waals surface area (Å²) >= 11 is 0. The van der Waals surface area contributed by atoms with E-state index in [1.807, 2.05) is 23.1 Å². The quantitative estimate of drug-likeness (QED) is 0.936. The molecule has 6 nitrogen and oxygen atoms in total. The number of carbonyl (C=O) groups excluding carboxylic acids is 1. The van der Waals surface area contributed by atoms with Crippen molar-refractivity contribution in [2.75, 3.05) is 25.9 Å². The molecule has 0 atom stereocenters. The van der Waals surface area contributed by atoms with E-state index in [2.05, 4.69) is 16.0 Å². The maximum absolute atomic E-state index is 12.7. The molecule has 1 aliphatic heterocycles. The minimum atomic E-state index is -0.0222. The summed E-state index contributed by atoms with van der Waals surface area (Å²) in [4.78, 5) is 22.6. The normalized spacial score (nSPS) is 15.3. The number of nitrogens with zero attached hydrogens (tertiary/aromatic N) is 3. The van der Waals surface area contributed by atoms with Gasteiger partial charge in [-0.2, -0.15) is 0 Å². The number of benzene rings is 1. The number of nitrogen functional groups attached to an aromatic ring is 1. The Morgan fingerprint density at radius 2 is 2.00 bits per heavy atom. The first-order valence-corrected chi connectivity index (χ1v) is 8.11. The zero-order valence-electron chi connectivity index (χ0n) is 14.0. The average Bonchev–Trinajstić information content (AvgIpc) is 2.61. The number of likely N-dealkylation sites (tertiary alicyclic amines) is 1. The highest BCUT2D eigenvalue weighted by molar-refractivity contribution is 5.95. The summed E-state index contributed by atoms with van der Waals surface area (Å²) in [6.45, 7) is 3.21. The number of aryl methyl sites for hydroxylation is 1. The first kappa shape index (κ1) is 16.2. The molecule has 0 bridgehead atoms. The van der Waals surface area contributed by atoms with Crippen LogP contribution in [0.15, 0.2) is 30.5 Å². The van der Waals surface area contributed by atoms with E-state index in [4.69, 9.17) is 10.5 Å². The number of para-hydroxylation sites is 1. The van der Waals surface area contributed by atoms with E-state index < -0.39 is 0 Å². The van der Waals surface area contributed by atoms with E-state index in [0.29, 0.717) is 30.3 Å². The molecule has 1 aromatic heterocycles. The van der Waals surface area contributed by atoms with Crippen molar-refractivity contribution in [2.45, 2.75) is 25.7 Å². The maximum atomic E-state index is 12.7. The van der Waals surface area contributed by atoms with Gasteiger partial charge in [0.1, 0.15) is 5.75 Å². The number of nitrogens with two attached hydrogens (primary N) is 1. The molecule has 3 rings (SSSR count). The third kappa shape index (κ3) is 3.18. The van der Waals surface area contributed by atoms with Gasteiger partial charge in [-0.25, -0.2) is 9.97 Å². The molecule has 1 amide bonds. The number of amides is 1. The lowest BCUT2D eigenvalue weighted by molar-refractivity contribution is 0.0711. The van der Waals surface area contributed by atoms with E-state index in [1.165, 1.54) is 11.8 Å². The molecule has 0 radical (unpaired) electrons. The SMILES string of the molecule is COc1ccccc1C1CCN(C(=O)c2cnc(N)nc2C)CC1. The summed E-state index contributed by atoms with van der Waals surface area (Å²) < 4.78 is 5.46. The lowest BCUT2D eigenvalue weighted by atomic mass is 9.88. The highest BCUT2D eigenvalue weighted by atomic mass is 16.5. The van der Waals surface area contributed by atoms with Crippen LogP contribution in [0.1, 0.15) is 40.4 Å². The van der Waals surface area contributed by atoms with Crippen molar-refractivity contribution in [1.82, 2.24) is 14.9 Å². The third-order valence-electron chi connectivity index (χ3n) is 4.59. The number of hydrogen-bond donors (Lipinski definition) is 1. The molecule has 0 saturated carbocycles. The second kappa shape index (κ2) is 6.86. The van der Waals surface area contributed by atoms with Gasteiger partial charge < -0.3 is 15.4 Å². The molecule has 0 spiro atoms. The highest BCUT2D eigenvalue weighted by Gasteiger charge is 2.27. The molecule has 1 aromatic carbocycles. The molecule has 24 heavy (non-hydrogen) atoms. The predicted octanol–water partition coefficient (Wildman–Crippen LogP) is 2.40. The fourth-order valence-corrected chi connectivity index (χ4v) is 3.26. The van der Waals surface area contributed by atoms with Crippen molar-refractivity contribution in [3.8, 4) is 5.75 Å². The summed E-state index contributed by atoms with van der Waals surface area (Å²) in [7, 11) is 1.70. The van der Waals surface area contributed by atoms with Crippen molar-refractivity contribution in [2.24, 2.45) is 0 Å². The number of ether oxygens (including phenoxy) is 1. The number of hydrogen-bond acceptors (Lipinski definition) is 5. The first-order chi connectivity index (χ1) is 11.6. The largest absolute Gasteiger partial charge is 0.496 e. The lowest BCUT2D eigenvalue weighted by Gasteiger charge is -2.33. The Balaban J connectivity index is 1.69. The van der Waals surface area contributed by atoms with Gasteiger partial charge >= 0.3 is 0 Å². The lowest BCUT2D eigenvalue weighted by Crippen LogP contribution is -2.38. The van der Waals surface area contributed by atoms with Crippen LogP contribution in [0.25, 0.3) is 0 Å². The Hall–Kier alpha value is -2.63. The Morgan fingerprint density at radius 1 is 1.29 bits per heavy atom. The molecular formula is C18H22N4O2. The minimum Gasteiger partial charge on any atom is -0.496 e. The standard InChI is InChI=1S/C18H22N4O2/c1-12-15(11-20-18(19)21-12)17(23)22-9-7-13(8-10-22)14-5-3-4-6-16(14)24-2/h3-6,11,13H,7-10H2,1-2H3,(H2,19,20,21). The Kier molecular flexibility index (Phi) is 4.64. The number of carbonyl (C=O) groups is 1. The molecule has 6 heteroatoms. The molecular weight excluding hydrogens is 304 g/mol. The van der Waals surface area contributed by atoms with Crippen LogP contribution in [-0.4, -0.2) is 41.0 Å². The molecule has 0 unspecified atom stereocenters. The van der Waals surface area contributed by atoms with Crippen LogP contribution in [0, 0.1) is 6.92 Å². The Morgan fingerprint density at radius 3 is 2.67 bits per heavy atom. The van der Waals surface area contributed by atoms with Gasteiger partial charge in [0.2, 0.25) is 5.95 Å². The van der Waals surface area contributed by atoms with Gasteiger partial charge in [-0.15, -0.1) is 0 Å². The molecule has 0 aliphatic carbocycles. The van der Waals surface area contributed by atoms with Crippen LogP contribution in [0.5, 0.6) is 5.75 Å². The van der Waals surface area contributed by atoms with Gasteiger partial charge in [-0.05, 0) is 37.3 Å². The van der Waals surface area contributed by atoms with Gasteiger partial charge in [-0.1, -0.05) is 18.2 Å². The van der Waals surface area contributed by atoms with Gasteiger partial charge in [0.25, 0.3) is 5.91 Å². The second-order valence-electron chi connectivity index (χ2n) is 6.04. The third-order valence-corrected chi connectivity index (χ3v) is 4.59. The van der Waals surface area contributed by atoms with E-state index in [-0.39, 0.29) is 11.9 Å². The average molecular weight is 326 g/mol. The van der Waals surface area contributed by atoms with E-state index >= 15 is 0 Å². The van der Waals surface area contributed by atoms with Crippen LogP contribution in [0.2, 0.25) is 0 Å². The van der Waals surface area contributed by atoms with Crippen LogP contribution in [0.4, 0.5) is 5.95 Å². The predicted molar refractivity (Wildman–Crippen MR) is 92.1 cm³/mol. The Labute approximate surface area is 141 Å². The number of aromatic nitrogens is 2. The number of methoxy groups -OCH3 is 1. The van der Waals surface area contributed by atoms with Crippen LogP contribution in [0.3, 0.4) is 0 Å². The molecule has 2 N–H and O–H groups in total. The molecule has 2 aromatic rings. The smallest absolute Gasteiger partial charge is 0.257 e. The Bertz CT molecular complexity index is 740. The van der Waals surface area contributed by atoms with Crippen LogP contribution >= 0.6 is 0 Å². The summed E-state index contributed by atoms with van der Waals surface area (Å²) in [6, 6.07) is 8.11. The minimum absolute atomic E-state index is 0.0222. The zero-order valence-corrected chi connectivity index (χ0v) is 14.0. The van der Waals surface area contributed by atoms with Crippen molar-refractivity contribution in [3.63, 3.8) is 0 Å². The second-order valence-corrected chi connectivity index (χ2v) is 6.04. The van der Waals surface area contributed by atoms with Gasteiger partial charge in [-0.3, -0.25) is 4.79 Å². The molecule has 1 saturated heterocycles. The molecule has 126 valence electrons. The summed E-state index contributed by atoms with van der Waals surface area (Å²) in [5.74, 6) is 1.50. The first-order valence-electron chi connectivity index (χ1n) is 8.11. The molecule has 1 aliphatic rings. The number of rotatable bonds is 3. The summed E-state index contributed by atoms with van der Waals surface area (Å²) in [5, 5.41) is 0. The molecule has 1 fully saturated rings. The van der Waals surface area contributed by atoms with E-state index in [1.54, 1.807) is 14.0 Å². The van der Waals surface area contributed by atoms with Gasteiger partial charge in [0.05, 0.1) is 18.4 Å². The highest BCUT2D eigenvalue weighted by Crippen LogP contribution is 2.34. The zero-order chi connectivity index (χ0) is 17.1. The number of piperidine rings is 1. The van der Waals surface area contributed by atoms with Gasteiger partial charge in [0.15, 0.2) is 0 Å². The van der Waals surface area contributed by atoms with E-state index in [9.17, 15) is 4.79 Å². The summed E-state index contributed by atoms with van der Waals surface area (Å²) in [6.07, 6.45) is 3.36.